The SMILES string of the molecule is CCCCCCCCCCCCCCC/C=C\COC(C)=O. The second kappa shape index (κ2) is 18.3. The molecule has 130 valence electrons. The molecule has 0 heterocycles. The molecule has 2 nitrogen and oxygen atoms in total. The number of carbonyl (C=O) groups is 1. The third kappa shape index (κ3) is 19.2. The average molecular weight is 311 g/mol. The maximum absolute atomic E-state index is 10.5. The Bertz CT molecular complexity index is 258. The van der Waals surface area contributed by atoms with Gasteiger partial charge in [-0.25, -0.2) is 0 Å². The lowest BCUT2D eigenvalue weighted by atomic mass is 10.0. The zero-order chi connectivity index (χ0) is 16.3. The van der Waals surface area contributed by atoms with E-state index in [1.54, 1.807) is 0 Å². The van der Waals surface area contributed by atoms with Gasteiger partial charge in [-0.05, 0) is 12.8 Å². The summed E-state index contributed by atoms with van der Waals surface area (Å²) in [5, 5.41) is 0. The number of ether oxygens (including phenoxy) is 1. The number of carbonyl (C=O) groups excluding carboxylic acids is 1. The van der Waals surface area contributed by atoms with E-state index in [1.807, 2.05) is 6.08 Å². The van der Waals surface area contributed by atoms with E-state index in [1.165, 1.54) is 90.4 Å². The van der Waals surface area contributed by atoms with Crippen molar-refractivity contribution < 1.29 is 9.53 Å². The fourth-order valence-corrected chi connectivity index (χ4v) is 2.63. The van der Waals surface area contributed by atoms with Gasteiger partial charge in [0.25, 0.3) is 0 Å². The van der Waals surface area contributed by atoms with Crippen LogP contribution in [0.3, 0.4) is 0 Å². The van der Waals surface area contributed by atoms with Gasteiger partial charge in [0.1, 0.15) is 6.61 Å². The van der Waals surface area contributed by atoms with Gasteiger partial charge in [0.2, 0.25) is 0 Å². The van der Waals surface area contributed by atoms with Gasteiger partial charge < -0.3 is 4.74 Å². The van der Waals surface area contributed by atoms with E-state index in [4.69, 9.17) is 4.74 Å². The maximum atomic E-state index is 10.5. The van der Waals surface area contributed by atoms with E-state index < -0.39 is 0 Å². The van der Waals surface area contributed by atoms with Gasteiger partial charge in [-0.1, -0.05) is 96.1 Å². The van der Waals surface area contributed by atoms with Crippen molar-refractivity contribution in [2.24, 2.45) is 0 Å². The van der Waals surface area contributed by atoms with Crippen LogP contribution in [0.25, 0.3) is 0 Å². The standard InChI is InChI=1S/C20H38O2/c1-3-4-5-6-7-8-9-10-11-12-13-14-15-16-17-18-19-22-20(2)21/h17-18H,3-16,19H2,1-2H3/b18-17-. The fourth-order valence-electron chi connectivity index (χ4n) is 2.63. The predicted molar refractivity (Wildman–Crippen MR) is 96.1 cm³/mol. The van der Waals surface area contributed by atoms with Crippen LogP contribution in [0.2, 0.25) is 0 Å². The van der Waals surface area contributed by atoms with E-state index >= 15 is 0 Å². The molecular weight excluding hydrogens is 272 g/mol. The van der Waals surface area contributed by atoms with Gasteiger partial charge >= 0.3 is 5.97 Å². The predicted octanol–water partition coefficient (Wildman–Crippen LogP) is 6.59. The molecule has 0 aromatic rings. The number of hydrogen-bond donors (Lipinski definition) is 0. The van der Waals surface area contributed by atoms with Crippen molar-refractivity contribution in [3.8, 4) is 0 Å². The van der Waals surface area contributed by atoms with Crippen molar-refractivity contribution in [1.29, 1.82) is 0 Å². The maximum Gasteiger partial charge on any atom is 0.302 e. The highest BCUT2D eigenvalue weighted by Crippen LogP contribution is 2.12. The summed E-state index contributed by atoms with van der Waals surface area (Å²) in [5.74, 6) is -0.203. The molecule has 0 atom stereocenters. The third-order valence-electron chi connectivity index (χ3n) is 4.02. The van der Waals surface area contributed by atoms with Gasteiger partial charge in [-0.2, -0.15) is 0 Å². The monoisotopic (exact) mass is 310 g/mol. The summed E-state index contributed by atoms with van der Waals surface area (Å²) in [5.41, 5.74) is 0. The summed E-state index contributed by atoms with van der Waals surface area (Å²) in [6.45, 7) is 4.15. The molecular formula is C20H38O2. The molecule has 0 aliphatic rings. The Morgan fingerprint density at radius 3 is 1.64 bits per heavy atom. The molecule has 0 rings (SSSR count). The van der Waals surface area contributed by atoms with Crippen molar-refractivity contribution in [3.05, 3.63) is 12.2 Å². The smallest absolute Gasteiger partial charge is 0.302 e. The zero-order valence-corrected chi connectivity index (χ0v) is 15.1. The molecule has 0 aliphatic carbocycles. The van der Waals surface area contributed by atoms with Crippen LogP contribution >= 0.6 is 0 Å². The second-order valence-electron chi connectivity index (χ2n) is 6.31. The van der Waals surface area contributed by atoms with E-state index in [0.717, 1.165) is 6.42 Å². The van der Waals surface area contributed by atoms with Gasteiger partial charge in [-0.3, -0.25) is 4.79 Å². The number of hydrogen-bond acceptors (Lipinski definition) is 2. The highest BCUT2D eigenvalue weighted by molar-refractivity contribution is 5.65. The largest absolute Gasteiger partial charge is 0.462 e. The molecule has 0 aromatic carbocycles. The van der Waals surface area contributed by atoms with E-state index in [2.05, 4.69) is 13.0 Å². The van der Waals surface area contributed by atoms with Gasteiger partial charge in [0.15, 0.2) is 0 Å². The van der Waals surface area contributed by atoms with Crippen LogP contribution in [0.1, 0.15) is 104 Å². The first-order valence-corrected chi connectivity index (χ1v) is 9.55. The molecule has 0 amide bonds. The van der Waals surface area contributed by atoms with E-state index in [-0.39, 0.29) is 5.97 Å². The van der Waals surface area contributed by atoms with Crippen molar-refractivity contribution in [1.82, 2.24) is 0 Å². The lowest BCUT2D eigenvalue weighted by Gasteiger charge is -2.02. The van der Waals surface area contributed by atoms with Gasteiger partial charge in [0, 0.05) is 6.92 Å². The third-order valence-corrected chi connectivity index (χ3v) is 4.02. The van der Waals surface area contributed by atoms with Gasteiger partial charge in [-0.15, -0.1) is 0 Å². The minimum Gasteiger partial charge on any atom is -0.462 e. The second-order valence-corrected chi connectivity index (χ2v) is 6.31. The molecule has 0 fully saturated rings. The lowest BCUT2D eigenvalue weighted by Crippen LogP contribution is -1.97. The number of rotatable bonds is 16. The van der Waals surface area contributed by atoms with E-state index in [0.29, 0.717) is 6.61 Å². The minimum atomic E-state index is -0.203. The highest BCUT2D eigenvalue weighted by Gasteiger charge is 1.93. The van der Waals surface area contributed by atoms with Crippen LogP contribution in [0.15, 0.2) is 12.2 Å². The Morgan fingerprint density at radius 1 is 0.727 bits per heavy atom. The summed E-state index contributed by atoms with van der Waals surface area (Å²) >= 11 is 0. The van der Waals surface area contributed by atoms with Crippen molar-refractivity contribution in [2.45, 2.75) is 104 Å². The molecule has 0 saturated carbocycles. The summed E-state index contributed by atoms with van der Waals surface area (Å²) in [6.07, 6.45) is 23.3. The first-order chi connectivity index (χ1) is 10.8. The molecule has 0 saturated heterocycles. The van der Waals surface area contributed by atoms with Crippen molar-refractivity contribution in [2.75, 3.05) is 6.61 Å². The average Bonchev–Trinajstić information content (AvgIpc) is 2.50. The molecule has 0 unspecified atom stereocenters. The van der Waals surface area contributed by atoms with Crippen molar-refractivity contribution in [3.63, 3.8) is 0 Å². The Labute approximate surface area is 138 Å². The lowest BCUT2D eigenvalue weighted by molar-refractivity contribution is -0.139. The first-order valence-electron chi connectivity index (χ1n) is 9.55. The topological polar surface area (TPSA) is 26.3 Å². The molecule has 2 heteroatoms. The van der Waals surface area contributed by atoms with Crippen LogP contribution in [0.4, 0.5) is 0 Å². The molecule has 0 N–H and O–H groups in total. The Morgan fingerprint density at radius 2 is 1.18 bits per heavy atom. The zero-order valence-electron chi connectivity index (χ0n) is 15.1. The minimum absolute atomic E-state index is 0.203. The Kier molecular flexibility index (Phi) is 17.6. The van der Waals surface area contributed by atoms with E-state index in [9.17, 15) is 4.79 Å². The molecule has 22 heavy (non-hydrogen) atoms. The van der Waals surface area contributed by atoms with Gasteiger partial charge in [0.05, 0.1) is 0 Å². The van der Waals surface area contributed by atoms with Crippen LogP contribution in [-0.2, 0) is 9.53 Å². The first kappa shape index (κ1) is 21.2. The molecule has 0 aliphatic heterocycles. The molecule has 0 aromatic heterocycles. The number of esters is 1. The van der Waals surface area contributed by atoms with Crippen LogP contribution < -0.4 is 0 Å². The summed E-state index contributed by atoms with van der Waals surface area (Å²) in [4.78, 5) is 10.5. The quantitative estimate of drug-likeness (QED) is 0.183. The van der Waals surface area contributed by atoms with Crippen LogP contribution in [0.5, 0.6) is 0 Å². The number of allylic oxidation sites excluding steroid dienone is 1. The number of unbranched alkanes of at least 4 members (excludes halogenated alkanes) is 13. The highest BCUT2D eigenvalue weighted by atomic mass is 16.5. The van der Waals surface area contributed by atoms with Crippen LogP contribution in [-0.4, -0.2) is 12.6 Å². The van der Waals surface area contributed by atoms with Crippen LogP contribution in [0, 0.1) is 0 Å². The molecule has 0 bridgehead atoms. The summed E-state index contributed by atoms with van der Waals surface area (Å²) in [7, 11) is 0. The summed E-state index contributed by atoms with van der Waals surface area (Å²) < 4.78 is 4.84. The molecule has 0 spiro atoms. The Hall–Kier alpha value is -0.790. The summed E-state index contributed by atoms with van der Waals surface area (Å²) in [6, 6.07) is 0. The Balaban J connectivity index is 3.04. The molecule has 0 radical (unpaired) electrons. The normalized spacial score (nSPS) is 11.2. The fraction of sp³-hybridized carbons (Fsp3) is 0.850. The van der Waals surface area contributed by atoms with Crippen molar-refractivity contribution >= 4 is 5.97 Å².